The highest BCUT2D eigenvalue weighted by atomic mass is 16.5. The molecule has 7 nitrogen and oxygen atoms in total. The molecule has 0 bridgehead atoms. The van der Waals surface area contributed by atoms with Gasteiger partial charge in [-0.3, -0.25) is 0 Å². The van der Waals surface area contributed by atoms with Gasteiger partial charge in [0.05, 0.1) is 5.69 Å². The predicted octanol–water partition coefficient (Wildman–Crippen LogP) is 1.61. The van der Waals surface area contributed by atoms with Crippen molar-refractivity contribution >= 4 is 6.09 Å². The number of carbonyl (C=O) groups is 1. The van der Waals surface area contributed by atoms with Crippen molar-refractivity contribution in [3.8, 4) is 0 Å². The van der Waals surface area contributed by atoms with Gasteiger partial charge >= 0.3 is 6.09 Å². The lowest BCUT2D eigenvalue weighted by molar-refractivity contribution is 0.0173. The van der Waals surface area contributed by atoms with Gasteiger partial charge in [0.15, 0.2) is 0 Å². The summed E-state index contributed by atoms with van der Waals surface area (Å²) >= 11 is 0. The van der Waals surface area contributed by atoms with E-state index in [1.54, 1.807) is 13.8 Å². The molecule has 2 aromatic rings. The number of amides is 1. The van der Waals surface area contributed by atoms with Gasteiger partial charge in [-0.05, 0) is 19.4 Å². The first-order valence-electron chi connectivity index (χ1n) is 7.22. The van der Waals surface area contributed by atoms with Crippen LogP contribution in [0.15, 0.2) is 34.9 Å². The van der Waals surface area contributed by atoms with Crippen molar-refractivity contribution in [2.24, 2.45) is 0 Å². The van der Waals surface area contributed by atoms with E-state index < -0.39 is 18.3 Å². The monoisotopic (exact) mass is 320 g/mol. The summed E-state index contributed by atoms with van der Waals surface area (Å²) in [6.07, 6.45) is -3.06. The Morgan fingerprint density at radius 2 is 2.00 bits per heavy atom. The smallest absolute Gasteiger partial charge is 0.407 e. The van der Waals surface area contributed by atoms with Crippen LogP contribution in [0.25, 0.3) is 0 Å². The van der Waals surface area contributed by atoms with Crippen LogP contribution in [0, 0.1) is 13.8 Å². The van der Waals surface area contributed by atoms with Gasteiger partial charge in [0.1, 0.15) is 24.6 Å². The third kappa shape index (κ3) is 4.54. The van der Waals surface area contributed by atoms with Crippen LogP contribution in [0.2, 0.25) is 0 Å². The molecule has 1 aromatic carbocycles. The zero-order chi connectivity index (χ0) is 16.8. The molecule has 0 saturated heterocycles. The lowest BCUT2D eigenvalue weighted by atomic mass is 10.0. The maximum Gasteiger partial charge on any atom is 0.407 e. The van der Waals surface area contributed by atoms with Crippen molar-refractivity contribution in [1.29, 1.82) is 0 Å². The molecule has 2 atom stereocenters. The molecule has 0 aliphatic rings. The average Bonchev–Trinajstić information content (AvgIpc) is 2.89. The third-order valence-electron chi connectivity index (χ3n) is 3.42. The van der Waals surface area contributed by atoms with Crippen molar-refractivity contribution < 1.29 is 24.3 Å². The van der Waals surface area contributed by atoms with Gasteiger partial charge in [0.2, 0.25) is 0 Å². The molecule has 0 radical (unpaired) electrons. The molecule has 1 heterocycles. The Morgan fingerprint density at radius 1 is 1.30 bits per heavy atom. The van der Waals surface area contributed by atoms with Crippen molar-refractivity contribution in [2.45, 2.75) is 32.7 Å². The summed E-state index contributed by atoms with van der Waals surface area (Å²) in [4.78, 5) is 11.6. The summed E-state index contributed by atoms with van der Waals surface area (Å²) in [5, 5.41) is 26.2. The van der Waals surface area contributed by atoms with Crippen LogP contribution in [-0.2, 0) is 11.3 Å². The van der Waals surface area contributed by atoms with E-state index >= 15 is 0 Å². The quantitative estimate of drug-likeness (QED) is 0.747. The molecule has 0 fully saturated rings. The van der Waals surface area contributed by atoms with E-state index in [0.29, 0.717) is 17.0 Å². The predicted molar refractivity (Wildman–Crippen MR) is 81.6 cm³/mol. The van der Waals surface area contributed by atoms with Crippen molar-refractivity contribution in [2.75, 3.05) is 6.54 Å². The number of nitrogens with zero attached hydrogens (tertiary/aromatic N) is 1. The van der Waals surface area contributed by atoms with Crippen molar-refractivity contribution in [3.05, 3.63) is 52.9 Å². The largest absolute Gasteiger partial charge is 0.445 e. The zero-order valence-electron chi connectivity index (χ0n) is 13.0. The topological polar surface area (TPSA) is 105 Å². The normalized spacial score (nSPS) is 13.4. The number of ether oxygens (including phenoxy) is 1. The molecular formula is C16H20N2O5. The van der Waals surface area contributed by atoms with Crippen LogP contribution in [0.4, 0.5) is 4.79 Å². The molecule has 23 heavy (non-hydrogen) atoms. The number of nitrogens with one attached hydrogen (secondary N) is 1. The van der Waals surface area contributed by atoms with Gasteiger partial charge in [0, 0.05) is 12.1 Å². The zero-order valence-corrected chi connectivity index (χ0v) is 13.0. The molecule has 1 amide bonds. The molecule has 0 spiro atoms. The molecule has 1 aromatic heterocycles. The second kappa shape index (κ2) is 7.75. The van der Waals surface area contributed by atoms with E-state index in [1.807, 2.05) is 30.3 Å². The third-order valence-corrected chi connectivity index (χ3v) is 3.42. The second-order valence-electron chi connectivity index (χ2n) is 5.19. The van der Waals surface area contributed by atoms with Gasteiger partial charge in [-0.25, -0.2) is 4.79 Å². The van der Waals surface area contributed by atoms with Crippen LogP contribution >= 0.6 is 0 Å². The number of aromatic nitrogens is 1. The number of carbonyl (C=O) groups excluding carboxylic acids is 1. The fourth-order valence-electron chi connectivity index (χ4n) is 2.18. The second-order valence-corrected chi connectivity index (χ2v) is 5.19. The first kappa shape index (κ1) is 17.0. The number of hydrogen-bond donors (Lipinski definition) is 3. The standard InChI is InChI=1S/C16H20N2O5/c1-10-14(11(2)23-18-10)15(20)13(19)8-17-16(21)22-9-12-6-4-3-5-7-12/h3-7,13,15,19-20H,8-9H2,1-2H3,(H,17,21). The molecule has 7 heteroatoms. The van der Waals surface area contributed by atoms with Gasteiger partial charge in [-0.2, -0.15) is 0 Å². The van der Waals surface area contributed by atoms with Gasteiger partial charge in [0.25, 0.3) is 0 Å². The minimum atomic E-state index is -1.20. The molecule has 0 aliphatic heterocycles. The first-order valence-corrected chi connectivity index (χ1v) is 7.22. The fraction of sp³-hybridized carbons (Fsp3) is 0.375. The molecule has 3 N–H and O–H groups in total. The Bertz CT molecular complexity index is 622. The summed E-state index contributed by atoms with van der Waals surface area (Å²) < 4.78 is 9.97. The lowest BCUT2D eigenvalue weighted by Gasteiger charge is -2.18. The molecule has 0 saturated carbocycles. The Morgan fingerprint density at radius 3 is 2.61 bits per heavy atom. The van der Waals surface area contributed by atoms with Crippen molar-refractivity contribution in [3.63, 3.8) is 0 Å². The number of aliphatic hydroxyl groups excluding tert-OH is 2. The molecule has 2 rings (SSSR count). The van der Waals surface area contributed by atoms with E-state index in [9.17, 15) is 15.0 Å². The van der Waals surface area contributed by atoms with Gasteiger partial charge < -0.3 is 24.8 Å². The van der Waals surface area contributed by atoms with E-state index in [-0.39, 0.29) is 13.2 Å². The number of benzene rings is 1. The summed E-state index contributed by atoms with van der Waals surface area (Å²) in [5.41, 5.74) is 1.79. The Labute approximate surface area is 133 Å². The van der Waals surface area contributed by atoms with E-state index in [0.717, 1.165) is 5.56 Å². The maximum atomic E-state index is 11.6. The van der Waals surface area contributed by atoms with Gasteiger partial charge in [-0.1, -0.05) is 35.5 Å². The Kier molecular flexibility index (Phi) is 5.72. The van der Waals surface area contributed by atoms with Crippen LogP contribution in [0.1, 0.15) is 28.7 Å². The highest BCUT2D eigenvalue weighted by molar-refractivity contribution is 5.67. The van der Waals surface area contributed by atoms with Crippen LogP contribution in [-0.4, -0.2) is 34.1 Å². The highest BCUT2D eigenvalue weighted by Crippen LogP contribution is 2.23. The maximum absolute atomic E-state index is 11.6. The number of aliphatic hydroxyl groups is 2. The van der Waals surface area contributed by atoms with Crippen LogP contribution < -0.4 is 5.32 Å². The fourth-order valence-corrected chi connectivity index (χ4v) is 2.18. The lowest BCUT2D eigenvalue weighted by Crippen LogP contribution is -2.36. The summed E-state index contributed by atoms with van der Waals surface area (Å²) in [6, 6.07) is 9.24. The minimum Gasteiger partial charge on any atom is -0.445 e. The molecular weight excluding hydrogens is 300 g/mol. The Balaban J connectivity index is 1.79. The number of hydrogen-bond acceptors (Lipinski definition) is 6. The van der Waals surface area contributed by atoms with E-state index in [2.05, 4.69) is 10.5 Å². The van der Waals surface area contributed by atoms with Crippen LogP contribution in [0.5, 0.6) is 0 Å². The number of alkyl carbamates (subject to hydrolysis) is 1. The summed E-state index contributed by atoms with van der Waals surface area (Å²) in [5.74, 6) is 0.431. The Hall–Kier alpha value is -2.38. The SMILES string of the molecule is Cc1noc(C)c1C(O)C(O)CNC(=O)OCc1ccccc1. The van der Waals surface area contributed by atoms with E-state index in [4.69, 9.17) is 9.26 Å². The highest BCUT2D eigenvalue weighted by Gasteiger charge is 2.25. The summed E-state index contributed by atoms with van der Waals surface area (Å²) in [6.45, 7) is 3.30. The summed E-state index contributed by atoms with van der Waals surface area (Å²) in [7, 11) is 0. The van der Waals surface area contributed by atoms with Crippen LogP contribution in [0.3, 0.4) is 0 Å². The number of aryl methyl sites for hydroxylation is 2. The average molecular weight is 320 g/mol. The first-order chi connectivity index (χ1) is 11.0. The minimum absolute atomic E-state index is 0.134. The molecule has 0 aliphatic carbocycles. The molecule has 124 valence electrons. The van der Waals surface area contributed by atoms with E-state index in [1.165, 1.54) is 0 Å². The van der Waals surface area contributed by atoms with Crippen molar-refractivity contribution in [1.82, 2.24) is 10.5 Å². The molecule has 2 unspecified atom stereocenters. The number of rotatable bonds is 6. The van der Waals surface area contributed by atoms with Gasteiger partial charge in [-0.15, -0.1) is 0 Å².